The van der Waals surface area contributed by atoms with E-state index in [0.29, 0.717) is 5.39 Å². The minimum atomic E-state index is -3.72. The number of hydrogen-bond acceptors (Lipinski definition) is 6. The van der Waals surface area contributed by atoms with Crippen LogP contribution in [0.5, 0.6) is 0 Å². The average Bonchev–Trinajstić information content (AvgIpc) is 2.63. The Morgan fingerprint density at radius 1 is 1.15 bits per heavy atom. The molecular weight excluding hydrogens is 372 g/mol. The molecule has 0 aliphatic heterocycles. The number of amides is 1. The smallest absolute Gasteiger partial charge is 0.241 e. The van der Waals surface area contributed by atoms with E-state index in [9.17, 15) is 13.2 Å². The molecule has 1 amide bonds. The molecule has 0 aliphatic rings. The van der Waals surface area contributed by atoms with Gasteiger partial charge in [-0.05, 0) is 12.1 Å². The second-order valence-corrected chi connectivity index (χ2v) is 8.10. The molecule has 0 bridgehead atoms. The van der Waals surface area contributed by atoms with E-state index in [1.54, 1.807) is 18.2 Å². The van der Waals surface area contributed by atoms with Crippen LogP contribution < -0.4 is 20.7 Å². The van der Waals surface area contributed by atoms with Crippen molar-refractivity contribution in [3.8, 4) is 0 Å². The van der Waals surface area contributed by atoms with E-state index >= 15 is 0 Å². The number of fused-ring (bicyclic) bond motifs is 1. The molecule has 2 aromatic rings. The van der Waals surface area contributed by atoms with Crippen molar-refractivity contribution in [2.24, 2.45) is 5.73 Å². The Labute approximate surface area is 159 Å². The average molecular weight is 397 g/mol. The number of nitrogens with one attached hydrogen (secondary N) is 2. The molecule has 26 heavy (non-hydrogen) atoms. The van der Waals surface area contributed by atoms with Crippen LogP contribution in [0.15, 0.2) is 41.3 Å². The Kier molecular flexibility index (Phi) is 6.87. The van der Waals surface area contributed by atoms with Gasteiger partial charge >= 0.3 is 0 Å². The maximum atomic E-state index is 12.7. The molecular formula is C17H24N4O3S2. The van der Waals surface area contributed by atoms with Gasteiger partial charge in [0.25, 0.3) is 0 Å². The highest BCUT2D eigenvalue weighted by Gasteiger charge is 2.18. The van der Waals surface area contributed by atoms with E-state index in [0.717, 1.165) is 11.1 Å². The number of carbonyl (C=O) groups excluding carboxylic acids is 1. The van der Waals surface area contributed by atoms with Crippen molar-refractivity contribution in [3.63, 3.8) is 0 Å². The van der Waals surface area contributed by atoms with Crippen molar-refractivity contribution in [2.75, 3.05) is 37.8 Å². The molecule has 9 heteroatoms. The highest BCUT2D eigenvalue weighted by molar-refractivity contribution is 7.89. The van der Waals surface area contributed by atoms with Crippen LogP contribution in [0.4, 0.5) is 5.69 Å². The number of thiol groups is 1. The summed E-state index contributed by atoms with van der Waals surface area (Å²) in [5.74, 6) is -0.137. The van der Waals surface area contributed by atoms with Gasteiger partial charge in [0.15, 0.2) is 0 Å². The first-order chi connectivity index (χ1) is 12.3. The molecule has 7 nitrogen and oxygen atoms in total. The monoisotopic (exact) mass is 396 g/mol. The minimum absolute atomic E-state index is 0.0666. The molecule has 1 atom stereocenters. The normalized spacial score (nSPS) is 12.8. The number of sulfonamides is 1. The van der Waals surface area contributed by atoms with Gasteiger partial charge in [0.05, 0.1) is 10.9 Å². The maximum Gasteiger partial charge on any atom is 0.241 e. The first-order valence-electron chi connectivity index (χ1n) is 8.11. The molecule has 0 fully saturated rings. The van der Waals surface area contributed by atoms with Crippen LogP contribution in [0.1, 0.15) is 0 Å². The van der Waals surface area contributed by atoms with Crippen LogP contribution in [0.25, 0.3) is 10.8 Å². The predicted octanol–water partition coefficient (Wildman–Crippen LogP) is 0.557. The molecule has 0 saturated carbocycles. The summed E-state index contributed by atoms with van der Waals surface area (Å²) in [6.07, 6.45) is 0. The van der Waals surface area contributed by atoms with Crippen molar-refractivity contribution in [3.05, 3.63) is 36.4 Å². The van der Waals surface area contributed by atoms with Gasteiger partial charge in [-0.15, -0.1) is 0 Å². The van der Waals surface area contributed by atoms with E-state index in [1.165, 1.54) is 0 Å². The van der Waals surface area contributed by atoms with Crippen LogP contribution in [0.3, 0.4) is 0 Å². The molecule has 0 aromatic heterocycles. The lowest BCUT2D eigenvalue weighted by molar-refractivity contribution is -0.121. The Balaban J connectivity index is 2.17. The standard InChI is InChI=1S/C17H24N4O3S2/c1-21(2)15-7-3-6-13-12(15)5-4-8-16(13)26(23,24)20-10-9-19-17(22)14(18)11-25/h3-8,14,20,25H,9-11,18H2,1-2H3,(H,19,22)/t14-/m0/s1. The number of carbonyl (C=O) groups is 1. The molecule has 0 spiro atoms. The number of nitrogens with two attached hydrogens (primary N) is 1. The van der Waals surface area contributed by atoms with Crippen molar-refractivity contribution in [2.45, 2.75) is 10.9 Å². The molecule has 2 rings (SSSR count). The van der Waals surface area contributed by atoms with Gasteiger partial charge in [0.2, 0.25) is 15.9 Å². The Morgan fingerprint density at radius 2 is 1.81 bits per heavy atom. The predicted molar refractivity (Wildman–Crippen MR) is 108 cm³/mol. The molecule has 0 aliphatic carbocycles. The zero-order valence-electron chi connectivity index (χ0n) is 14.8. The summed E-state index contributed by atoms with van der Waals surface area (Å²) >= 11 is 3.95. The summed E-state index contributed by atoms with van der Waals surface area (Å²) < 4.78 is 27.9. The second kappa shape index (κ2) is 8.72. The first-order valence-corrected chi connectivity index (χ1v) is 10.2. The summed E-state index contributed by atoms with van der Waals surface area (Å²) in [5.41, 5.74) is 6.48. The lowest BCUT2D eigenvalue weighted by atomic mass is 10.1. The highest BCUT2D eigenvalue weighted by Crippen LogP contribution is 2.29. The van der Waals surface area contributed by atoms with Crippen LogP contribution >= 0.6 is 12.6 Å². The summed E-state index contributed by atoms with van der Waals surface area (Å²) in [6.45, 7) is 0.213. The second-order valence-electron chi connectivity index (χ2n) is 6.00. The van der Waals surface area contributed by atoms with Crippen molar-refractivity contribution >= 4 is 45.0 Å². The Morgan fingerprint density at radius 3 is 2.46 bits per heavy atom. The third-order valence-electron chi connectivity index (χ3n) is 3.88. The van der Waals surface area contributed by atoms with Crippen LogP contribution in [0, 0.1) is 0 Å². The first kappa shape index (κ1) is 20.5. The van der Waals surface area contributed by atoms with Gasteiger partial charge in [0, 0.05) is 49.4 Å². The maximum absolute atomic E-state index is 12.7. The zero-order valence-corrected chi connectivity index (χ0v) is 16.5. The van der Waals surface area contributed by atoms with Gasteiger partial charge in [-0.2, -0.15) is 12.6 Å². The number of rotatable bonds is 8. The highest BCUT2D eigenvalue weighted by atomic mass is 32.2. The van der Waals surface area contributed by atoms with Crippen LogP contribution in [0.2, 0.25) is 0 Å². The third kappa shape index (κ3) is 4.67. The fourth-order valence-corrected chi connectivity index (χ4v) is 3.97. The molecule has 0 unspecified atom stereocenters. The molecule has 4 N–H and O–H groups in total. The van der Waals surface area contributed by atoms with Gasteiger partial charge in [-0.1, -0.05) is 24.3 Å². The number of anilines is 1. The Hall–Kier alpha value is -1.81. The van der Waals surface area contributed by atoms with Gasteiger partial charge in [-0.25, -0.2) is 13.1 Å². The largest absolute Gasteiger partial charge is 0.377 e. The molecule has 0 saturated heterocycles. The molecule has 0 heterocycles. The summed E-state index contributed by atoms with van der Waals surface area (Å²) in [4.78, 5) is 13.7. The molecule has 2 aromatic carbocycles. The minimum Gasteiger partial charge on any atom is -0.377 e. The van der Waals surface area contributed by atoms with Gasteiger partial charge in [0.1, 0.15) is 0 Å². The summed E-state index contributed by atoms with van der Waals surface area (Å²) in [6, 6.07) is 10.0. The van der Waals surface area contributed by atoms with E-state index < -0.39 is 16.1 Å². The van der Waals surface area contributed by atoms with Crippen molar-refractivity contribution in [1.29, 1.82) is 0 Å². The van der Waals surface area contributed by atoms with E-state index in [1.807, 2.05) is 37.2 Å². The quantitative estimate of drug-likeness (QED) is 0.385. The lowest BCUT2D eigenvalue weighted by Crippen LogP contribution is -2.44. The van der Waals surface area contributed by atoms with Crippen molar-refractivity contribution < 1.29 is 13.2 Å². The lowest BCUT2D eigenvalue weighted by Gasteiger charge is -2.17. The molecule has 142 valence electrons. The number of hydrogen-bond donors (Lipinski definition) is 4. The number of nitrogens with zero attached hydrogens (tertiary/aromatic N) is 1. The zero-order chi connectivity index (χ0) is 19.3. The van der Waals surface area contributed by atoms with E-state index in [2.05, 4.69) is 22.7 Å². The van der Waals surface area contributed by atoms with Crippen molar-refractivity contribution in [1.82, 2.24) is 10.0 Å². The summed E-state index contributed by atoms with van der Waals surface area (Å²) in [5, 5.41) is 4.07. The fraction of sp³-hybridized carbons (Fsp3) is 0.353. The third-order valence-corrected chi connectivity index (χ3v) is 5.79. The van der Waals surface area contributed by atoms with Gasteiger partial charge < -0.3 is 16.0 Å². The van der Waals surface area contributed by atoms with E-state index in [-0.39, 0.29) is 29.6 Å². The van der Waals surface area contributed by atoms with Crippen LogP contribution in [-0.2, 0) is 14.8 Å². The summed E-state index contributed by atoms with van der Waals surface area (Å²) in [7, 11) is 0.0990. The topological polar surface area (TPSA) is 105 Å². The van der Waals surface area contributed by atoms with Gasteiger partial charge in [-0.3, -0.25) is 4.79 Å². The Bertz CT molecular complexity index is 885. The van der Waals surface area contributed by atoms with Crippen LogP contribution in [-0.4, -0.2) is 53.3 Å². The van der Waals surface area contributed by atoms with E-state index in [4.69, 9.17) is 5.73 Å². The molecule has 0 radical (unpaired) electrons. The fourth-order valence-electron chi connectivity index (χ4n) is 2.55. The SMILES string of the molecule is CN(C)c1cccc2c(S(=O)(=O)NCCNC(=O)[C@@H](N)CS)cccc12. The number of benzene rings is 2.